The second-order valence-corrected chi connectivity index (χ2v) is 13.5. The van der Waals surface area contributed by atoms with Crippen molar-refractivity contribution in [1.29, 1.82) is 0 Å². The number of benzene rings is 1. The van der Waals surface area contributed by atoms with Gasteiger partial charge in [0, 0.05) is 24.3 Å². The number of aromatic amines is 1. The molecule has 2 aromatic heterocycles. The molecule has 5 atom stereocenters. The van der Waals surface area contributed by atoms with Gasteiger partial charge in [0.15, 0.2) is 17.5 Å². The number of carbonyl (C=O) groups is 1. The molecular weight excluding hydrogens is 603 g/mol. The van der Waals surface area contributed by atoms with E-state index in [0.29, 0.717) is 25.2 Å². The lowest BCUT2D eigenvalue weighted by Gasteiger charge is -2.37. The number of rotatable bonds is 15. The van der Waals surface area contributed by atoms with Gasteiger partial charge in [-0.25, -0.2) is 9.55 Å². The number of hydrogen-bond acceptors (Lipinski definition) is 10. The molecule has 3 heterocycles. The summed E-state index contributed by atoms with van der Waals surface area (Å²) in [7, 11) is -4.26. The highest BCUT2D eigenvalue weighted by Gasteiger charge is 2.54. The molecule has 1 aliphatic carbocycles. The maximum Gasteiger partial charge on any atom is 0.462 e. The number of aliphatic carboxylic acids is 1. The molecule has 15 heteroatoms. The maximum absolute atomic E-state index is 14.9. The average Bonchev–Trinajstić information content (AvgIpc) is 3.55. The number of imidazole rings is 1. The normalized spacial score (nSPS) is 23.6. The fourth-order valence-electron chi connectivity index (χ4n) is 5.59. The number of nitrogens with zero attached hydrogens (tertiary/aromatic N) is 4. The number of carboxylic acid groups (broad SMARTS) is 1. The first-order chi connectivity index (χ1) is 21.5. The molecule has 1 saturated heterocycles. The molecule has 5 rings (SSSR count). The summed E-state index contributed by atoms with van der Waals surface area (Å²) in [4.78, 5) is 35.5. The SMILES string of the molecule is CCCC(C)N([C@@H](C)C(=O)O)[P@](=O)(OCC1(COC2CCCCO2)C/C1=C/n1cnc2c(=O)[nH]c(N)nc21)Oc1ccccc1. The molecule has 4 N–H and O–H groups in total. The van der Waals surface area contributed by atoms with Crippen LogP contribution in [0.2, 0.25) is 0 Å². The van der Waals surface area contributed by atoms with E-state index in [1.165, 1.54) is 17.9 Å². The number of H-pyrrole nitrogens is 1. The number of aromatic nitrogens is 4. The minimum absolute atomic E-state index is 0.0383. The predicted octanol–water partition coefficient (Wildman–Crippen LogP) is 4.64. The zero-order valence-corrected chi connectivity index (χ0v) is 26.7. The summed E-state index contributed by atoms with van der Waals surface area (Å²) >= 11 is 0. The molecule has 45 heavy (non-hydrogen) atoms. The lowest BCUT2D eigenvalue weighted by Crippen LogP contribution is -2.44. The molecule has 0 spiro atoms. The van der Waals surface area contributed by atoms with Gasteiger partial charge >= 0.3 is 13.7 Å². The molecule has 0 radical (unpaired) electrons. The summed E-state index contributed by atoms with van der Waals surface area (Å²) in [5.74, 6) is -0.895. The fraction of sp³-hybridized carbons (Fsp3) is 0.533. The van der Waals surface area contributed by atoms with Crippen molar-refractivity contribution in [3.05, 3.63) is 52.6 Å². The summed E-state index contributed by atoms with van der Waals surface area (Å²) < 4.78 is 42.2. The molecule has 0 amide bonds. The molecule has 1 aromatic carbocycles. The van der Waals surface area contributed by atoms with Crippen LogP contribution in [0.25, 0.3) is 17.4 Å². The van der Waals surface area contributed by atoms with E-state index in [0.717, 1.165) is 31.3 Å². The van der Waals surface area contributed by atoms with Crippen molar-refractivity contribution in [3.8, 4) is 5.75 Å². The van der Waals surface area contributed by atoms with Gasteiger partial charge in [0.2, 0.25) is 5.95 Å². The summed E-state index contributed by atoms with van der Waals surface area (Å²) in [6, 6.07) is 6.98. The lowest BCUT2D eigenvalue weighted by molar-refractivity contribution is -0.171. The van der Waals surface area contributed by atoms with Crippen LogP contribution in [0.15, 0.2) is 47.0 Å². The van der Waals surface area contributed by atoms with Crippen LogP contribution in [0.5, 0.6) is 5.75 Å². The Balaban J connectivity index is 1.48. The first-order valence-corrected chi connectivity index (χ1v) is 16.7. The number of hydrogen-bond donors (Lipinski definition) is 3. The Morgan fingerprint density at radius 3 is 2.78 bits per heavy atom. The number of nitrogens with two attached hydrogens (primary N) is 1. The molecule has 2 fully saturated rings. The third kappa shape index (κ3) is 7.47. The number of carboxylic acids is 1. The molecular formula is C30H41N6O8P. The van der Waals surface area contributed by atoms with E-state index in [4.69, 9.17) is 24.3 Å². The third-order valence-electron chi connectivity index (χ3n) is 8.18. The number of ether oxygens (including phenoxy) is 2. The second kappa shape index (κ2) is 13.8. The summed E-state index contributed by atoms with van der Waals surface area (Å²) in [6.07, 6.45) is 7.40. The third-order valence-corrected chi connectivity index (χ3v) is 10.4. The largest absolute Gasteiger partial charge is 0.480 e. The van der Waals surface area contributed by atoms with E-state index in [1.54, 1.807) is 41.1 Å². The summed E-state index contributed by atoms with van der Waals surface area (Å²) in [5, 5.41) is 10.0. The van der Waals surface area contributed by atoms with Crippen LogP contribution in [-0.4, -0.2) is 73.5 Å². The van der Waals surface area contributed by atoms with Gasteiger partial charge in [0.05, 0.1) is 13.2 Å². The Bertz CT molecular complexity index is 1620. The minimum Gasteiger partial charge on any atom is -0.480 e. The summed E-state index contributed by atoms with van der Waals surface area (Å²) in [6.45, 7) is 5.97. The van der Waals surface area contributed by atoms with Crippen molar-refractivity contribution in [2.75, 3.05) is 25.6 Å². The Labute approximate surface area is 261 Å². The molecule has 0 bridgehead atoms. The zero-order chi connectivity index (χ0) is 32.2. The second-order valence-electron chi connectivity index (χ2n) is 11.7. The van der Waals surface area contributed by atoms with Gasteiger partial charge in [-0.3, -0.25) is 23.7 Å². The number of para-hydroxylation sites is 1. The molecule has 3 unspecified atom stereocenters. The Morgan fingerprint density at radius 1 is 1.31 bits per heavy atom. The predicted molar refractivity (Wildman–Crippen MR) is 167 cm³/mol. The van der Waals surface area contributed by atoms with Gasteiger partial charge in [-0.05, 0) is 63.7 Å². The molecule has 1 saturated carbocycles. The monoisotopic (exact) mass is 644 g/mol. The highest BCUT2D eigenvalue weighted by atomic mass is 31.2. The van der Waals surface area contributed by atoms with Crippen LogP contribution in [0.4, 0.5) is 5.95 Å². The van der Waals surface area contributed by atoms with Crippen molar-refractivity contribution in [2.24, 2.45) is 5.41 Å². The fourth-order valence-corrected chi connectivity index (χ4v) is 7.79. The van der Waals surface area contributed by atoms with Crippen LogP contribution in [0, 0.1) is 5.41 Å². The van der Waals surface area contributed by atoms with Gasteiger partial charge < -0.3 is 24.8 Å². The van der Waals surface area contributed by atoms with E-state index in [2.05, 4.69) is 15.0 Å². The first kappa shape index (κ1) is 32.8. The van der Waals surface area contributed by atoms with Crippen molar-refractivity contribution in [1.82, 2.24) is 24.2 Å². The Kier molecular flexibility index (Phi) is 10.1. The highest BCUT2D eigenvalue weighted by molar-refractivity contribution is 7.51. The average molecular weight is 645 g/mol. The van der Waals surface area contributed by atoms with E-state index < -0.39 is 36.8 Å². The number of nitrogens with one attached hydrogen (secondary N) is 1. The molecule has 244 valence electrons. The zero-order valence-electron chi connectivity index (χ0n) is 25.8. The smallest absolute Gasteiger partial charge is 0.462 e. The van der Waals surface area contributed by atoms with Crippen LogP contribution in [-0.2, 0) is 23.4 Å². The van der Waals surface area contributed by atoms with Crippen molar-refractivity contribution >= 4 is 37.0 Å². The van der Waals surface area contributed by atoms with E-state index in [-0.39, 0.29) is 36.6 Å². The van der Waals surface area contributed by atoms with Crippen molar-refractivity contribution in [2.45, 2.75) is 77.7 Å². The van der Waals surface area contributed by atoms with E-state index in [1.807, 2.05) is 13.8 Å². The van der Waals surface area contributed by atoms with Gasteiger partial charge in [-0.1, -0.05) is 31.5 Å². The molecule has 3 aromatic rings. The molecule has 2 aliphatic rings. The highest BCUT2D eigenvalue weighted by Crippen LogP contribution is 2.60. The number of nitrogen functional groups attached to an aromatic ring is 1. The molecule has 1 aliphatic heterocycles. The van der Waals surface area contributed by atoms with Crippen LogP contribution in [0.3, 0.4) is 0 Å². The topological polar surface area (TPSA) is 184 Å². The van der Waals surface area contributed by atoms with Crippen LogP contribution in [0.1, 0.15) is 59.3 Å². The van der Waals surface area contributed by atoms with Crippen LogP contribution < -0.4 is 15.8 Å². The van der Waals surface area contributed by atoms with E-state index >= 15 is 0 Å². The minimum atomic E-state index is -4.26. The van der Waals surface area contributed by atoms with Gasteiger partial charge in [0.1, 0.15) is 18.1 Å². The number of fused-ring (bicyclic) bond motifs is 1. The molecule has 14 nitrogen and oxygen atoms in total. The maximum atomic E-state index is 14.9. The van der Waals surface area contributed by atoms with Gasteiger partial charge in [0.25, 0.3) is 5.56 Å². The standard InChI is InChI=1S/C30H41N6O8P/c1-4-10-20(2)36(21(3)28(38)39)45(40,44-23-11-6-5-7-12-23)43-18-30(17-42-24-13-8-9-14-41-24)15-22(30)16-35-19-32-25-26(35)33-29(31)34-27(25)37/h5-7,11-12,16,19-21,24H,4,8-10,13-15,17-18H2,1-3H3,(H,38,39)(H3,31,33,34,37)/b22-16-/t20?,21-,24?,30?,45-/m0/s1. The lowest BCUT2D eigenvalue weighted by atomic mass is 10.1. The van der Waals surface area contributed by atoms with Crippen molar-refractivity contribution < 1.29 is 33.0 Å². The number of anilines is 1. The first-order valence-electron chi connectivity index (χ1n) is 15.2. The van der Waals surface area contributed by atoms with Gasteiger partial charge in [-0.15, -0.1) is 0 Å². The van der Waals surface area contributed by atoms with Crippen LogP contribution >= 0.6 is 7.75 Å². The van der Waals surface area contributed by atoms with Crippen molar-refractivity contribution in [3.63, 3.8) is 0 Å². The Hall–Kier alpha value is -3.55. The van der Waals surface area contributed by atoms with E-state index in [9.17, 15) is 19.3 Å². The summed E-state index contributed by atoms with van der Waals surface area (Å²) in [5.41, 5.74) is 5.88. The Morgan fingerprint density at radius 2 is 2.09 bits per heavy atom. The van der Waals surface area contributed by atoms with Gasteiger partial charge in [-0.2, -0.15) is 9.65 Å². The quantitative estimate of drug-likeness (QED) is 0.195.